The Hall–Kier alpha value is -1.81. The van der Waals surface area contributed by atoms with Crippen molar-refractivity contribution in [2.45, 2.75) is 11.2 Å². The van der Waals surface area contributed by atoms with E-state index in [0.717, 1.165) is 11.3 Å². The maximum atomic E-state index is 10.9. The van der Waals surface area contributed by atoms with Gasteiger partial charge in [-0.15, -0.1) is 0 Å². The van der Waals surface area contributed by atoms with Gasteiger partial charge in [-0.2, -0.15) is 0 Å². The third-order valence-electron chi connectivity index (χ3n) is 2.61. The molecule has 0 fully saturated rings. The van der Waals surface area contributed by atoms with Gasteiger partial charge < -0.3 is 9.84 Å². The summed E-state index contributed by atoms with van der Waals surface area (Å²) < 4.78 is 5.78. The van der Waals surface area contributed by atoms with E-state index in [-0.39, 0.29) is 0 Å². The van der Waals surface area contributed by atoms with Crippen molar-refractivity contribution >= 4 is 21.9 Å². The Balaban J connectivity index is 2.19. The van der Waals surface area contributed by atoms with E-state index in [1.807, 2.05) is 54.6 Å². The van der Waals surface area contributed by atoms with Gasteiger partial charge in [-0.05, 0) is 30.2 Å². The number of alkyl halides is 1. The molecule has 0 radical (unpaired) electrons. The molecule has 0 unspecified atom stereocenters. The molecular formula is C15H13BrO3. The summed E-state index contributed by atoms with van der Waals surface area (Å²) in [5.41, 5.74) is 0.857. The number of halogens is 1. The first-order valence-electron chi connectivity index (χ1n) is 5.84. The number of carboxylic acids is 1. The zero-order valence-corrected chi connectivity index (χ0v) is 11.7. The van der Waals surface area contributed by atoms with Crippen molar-refractivity contribution in [2.24, 2.45) is 0 Å². The Morgan fingerprint density at radius 3 is 2.42 bits per heavy atom. The van der Waals surface area contributed by atoms with Crippen LogP contribution in [0.2, 0.25) is 0 Å². The van der Waals surface area contributed by atoms with Crippen molar-refractivity contribution < 1.29 is 14.6 Å². The zero-order valence-electron chi connectivity index (χ0n) is 10.1. The number of hydrogen-bond donors (Lipinski definition) is 1. The van der Waals surface area contributed by atoms with Gasteiger partial charge in [0.15, 0.2) is 0 Å². The molecule has 0 saturated heterocycles. The number of rotatable bonds is 5. The molecule has 0 aliphatic rings. The van der Waals surface area contributed by atoms with E-state index < -0.39 is 10.8 Å². The van der Waals surface area contributed by atoms with Gasteiger partial charge in [-0.3, -0.25) is 4.79 Å². The molecule has 1 atom stereocenters. The predicted octanol–water partition coefficient (Wildman–Crippen LogP) is 3.87. The lowest BCUT2D eigenvalue weighted by Crippen LogP contribution is -2.15. The number of ether oxygens (including phenoxy) is 1. The highest BCUT2D eigenvalue weighted by molar-refractivity contribution is 9.10. The van der Waals surface area contributed by atoms with Gasteiger partial charge in [0, 0.05) is 0 Å². The summed E-state index contributed by atoms with van der Waals surface area (Å²) in [6.45, 7) is 0. The van der Waals surface area contributed by atoms with E-state index in [1.54, 1.807) is 0 Å². The predicted molar refractivity (Wildman–Crippen MR) is 77.0 cm³/mol. The van der Waals surface area contributed by atoms with Crippen LogP contribution in [0.15, 0.2) is 54.6 Å². The minimum Gasteiger partial charge on any atom is -0.480 e. The van der Waals surface area contributed by atoms with Crippen molar-refractivity contribution in [3.05, 3.63) is 60.2 Å². The summed E-state index contributed by atoms with van der Waals surface area (Å²) in [5.74, 6) is 0.533. The number of hydrogen-bond acceptors (Lipinski definition) is 2. The van der Waals surface area contributed by atoms with Crippen molar-refractivity contribution in [3.8, 4) is 11.5 Å². The molecule has 3 nitrogen and oxygen atoms in total. The van der Waals surface area contributed by atoms with Crippen LogP contribution in [0, 0.1) is 0 Å². The maximum Gasteiger partial charge on any atom is 0.317 e. The number of carbonyl (C=O) groups is 1. The average molecular weight is 321 g/mol. The maximum absolute atomic E-state index is 10.9. The monoisotopic (exact) mass is 320 g/mol. The lowest BCUT2D eigenvalue weighted by molar-refractivity contribution is -0.136. The first kappa shape index (κ1) is 13.6. The van der Waals surface area contributed by atoms with Gasteiger partial charge in [-0.25, -0.2) is 0 Å². The van der Waals surface area contributed by atoms with Crippen LogP contribution in [0.25, 0.3) is 0 Å². The molecule has 0 saturated carbocycles. The molecule has 0 spiro atoms. The van der Waals surface area contributed by atoms with Crippen LogP contribution in [0.5, 0.6) is 11.5 Å². The summed E-state index contributed by atoms with van der Waals surface area (Å²) >= 11 is 3.14. The second-order valence-electron chi connectivity index (χ2n) is 4.03. The molecule has 98 valence electrons. The highest BCUT2D eigenvalue weighted by atomic mass is 79.9. The Bertz CT molecular complexity index is 554. The van der Waals surface area contributed by atoms with E-state index in [4.69, 9.17) is 9.84 Å². The third-order valence-corrected chi connectivity index (χ3v) is 3.33. The SMILES string of the molecule is O=C(O)[C@H](Br)Cc1ccccc1Oc1ccccc1. The Morgan fingerprint density at radius 1 is 1.11 bits per heavy atom. The van der Waals surface area contributed by atoms with E-state index in [9.17, 15) is 4.79 Å². The van der Waals surface area contributed by atoms with Crippen LogP contribution in [-0.2, 0) is 11.2 Å². The van der Waals surface area contributed by atoms with Crippen LogP contribution in [0.3, 0.4) is 0 Å². The Labute approximate surface area is 120 Å². The summed E-state index contributed by atoms with van der Waals surface area (Å²) in [6, 6.07) is 16.9. The molecule has 0 aliphatic heterocycles. The van der Waals surface area contributed by atoms with Crippen LogP contribution in [-0.4, -0.2) is 15.9 Å². The Kier molecular flexibility index (Phi) is 4.58. The molecule has 0 aliphatic carbocycles. The summed E-state index contributed by atoms with van der Waals surface area (Å²) in [6.07, 6.45) is 0.373. The van der Waals surface area contributed by atoms with Gasteiger partial charge in [0.1, 0.15) is 16.3 Å². The number of carboxylic acid groups (broad SMARTS) is 1. The van der Waals surface area contributed by atoms with Crippen LogP contribution in [0.1, 0.15) is 5.56 Å². The summed E-state index contributed by atoms with van der Waals surface area (Å²) in [7, 11) is 0. The number of benzene rings is 2. The van der Waals surface area contributed by atoms with Crippen molar-refractivity contribution in [1.29, 1.82) is 0 Å². The van der Waals surface area contributed by atoms with Crippen LogP contribution in [0.4, 0.5) is 0 Å². The quantitative estimate of drug-likeness (QED) is 0.851. The summed E-state index contributed by atoms with van der Waals surface area (Å²) in [4.78, 5) is 10.3. The fraction of sp³-hybridized carbons (Fsp3) is 0.133. The molecule has 19 heavy (non-hydrogen) atoms. The summed E-state index contributed by atoms with van der Waals surface area (Å²) in [5, 5.41) is 8.94. The van der Waals surface area contributed by atoms with Crippen molar-refractivity contribution in [3.63, 3.8) is 0 Å². The van der Waals surface area contributed by atoms with Gasteiger partial charge in [-0.1, -0.05) is 52.3 Å². The van der Waals surface area contributed by atoms with E-state index in [0.29, 0.717) is 12.2 Å². The first-order chi connectivity index (χ1) is 9.16. The van der Waals surface area contributed by atoms with Gasteiger partial charge >= 0.3 is 5.97 Å². The van der Waals surface area contributed by atoms with Crippen LogP contribution < -0.4 is 4.74 Å². The zero-order chi connectivity index (χ0) is 13.7. The fourth-order valence-corrected chi connectivity index (χ4v) is 2.02. The molecule has 0 amide bonds. The Morgan fingerprint density at radius 2 is 1.74 bits per heavy atom. The normalized spacial score (nSPS) is 11.8. The largest absolute Gasteiger partial charge is 0.480 e. The molecule has 4 heteroatoms. The van der Waals surface area contributed by atoms with E-state index in [1.165, 1.54) is 0 Å². The third kappa shape index (κ3) is 3.83. The average Bonchev–Trinajstić information content (AvgIpc) is 2.42. The van der Waals surface area contributed by atoms with Gasteiger partial charge in [0.25, 0.3) is 0 Å². The first-order valence-corrected chi connectivity index (χ1v) is 6.76. The second kappa shape index (κ2) is 6.38. The molecule has 1 N–H and O–H groups in total. The second-order valence-corrected chi connectivity index (χ2v) is 5.14. The van der Waals surface area contributed by atoms with Crippen LogP contribution >= 0.6 is 15.9 Å². The van der Waals surface area contributed by atoms with Crippen molar-refractivity contribution in [2.75, 3.05) is 0 Å². The minimum atomic E-state index is -0.880. The standard InChI is InChI=1S/C15H13BrO3/c16-13(15(17)18)10-11-6-4-5-9-14(11)19-12-7-2-1-3-8-12/h1-9,13H,10H2,(H,17,18)/t13-/m1/s1. The molecule has 2 aromatic carbocycles. The van der Waals surface area contributed by atoms with Gasteiger partial charge in [0.05, 0.1) is 0 Å². The molecule has 2 rings (SSSR count). The lowest BCUT2D eigenvalue weighted by atomic mass is 10.1. The molecule has 0 bridgehead atoms. The molecule has 0 heterocycles. The fourth-order valence-electron chi connectivity index (χ4n) is 1.67. The topological polar surface area (TPSA) is 46.5 Å². The molecule has 2 aromatic rings. The smallest absolute Gasteiger partial charge is 0.317 e. The number of aliphatic carboxylic acids is 1. The van der Waals surface area contributed by atoms with Gasteiger partial charge in [0.2, 0.25) is 0 Å². The lowest BCUT2D eigenvalue weighted by Gasteiger charge is -2.12. The van der Waals surface area contributed by atoms with E-state index in [2.05, 4.69) is 15.9 Å². The number of para-hydroxylation sites is 2. The van der Waals surface area contributed by atoms with Crippen molar-refractivity contribution in [1.82, 2.24) is 0 Å². The molecule has 0 aromatic heterocycles. The highest BCUT2D eigenvalue weighted by Gasteiger charge is 2.16. The highest BCUT2D eigenvalue weighted by Crippen LogP contribution is 2.27. The molecular weight excluding hydrogens is 308 g/mol. The van der Waals surface area contributed by atoms with E-state index >= 15 is 0 Å². The minimum absolute atomic E-state index is 0.373.